The van der Waals surface area contributed by atoms with Crippen molar-refractivity contribution in [2.75, 3.05) is 0 Å². The van der Waals surface area contributed by atoms with Crippen LogP contribution >= 0.6 is 0 Å². The summed E-state index contributed by atoms with van der Waals surface area (Å²) in [6, 6.07) is 5.09. The third-order valence-electron chi connectivity index (χ3n) is 3.25. The fourth-order valence-corrected chi connectivity index (χ4v) is 2.10. The molecule has 0 saturated carbocycles. The Bertz CT molecular complexity index is 647. The molecule has 0 aliphatic heterocycles. The summed E-state index contributed by atoms with van der Waals surface area (Å²) in [6.45, 7) is 3.09. The molecule has 2 aromatic carbocycles. The van der Waals surface area contributed by atoms with Gasteiger partial charge in [0.05, 0.1) is 0 Å². The lowest BCUT2D eigenvalue weighted by atomic mass is 9.99. The van der Waals surface area contributed by atoms with Gasteiger partial charge >= 0.3 is 0 Å². The van der Waals surface area contributed by atoms with Gasteiger partial charge in [-0.15, -0.1) is 0 Å². The summed E-state index contributed by atoms with van der Waals surface area (Å²) in [5.41, 5.74) is -0.178. The molecular weight excluding hydrogens is 268 g/mol. The Balaban J connectivity index is 2.57. The van der Waals surface area contributed by atoms with Gasteiger partial charge in [0, 0.05) is 16.7 Å². The molecule has 0 unspecified atom stereocenters. The monoisotopic (exact) mass is 282 g/mol. The molecule has 20 heavy (non-hydrogen) atoms. The van der Waals surface area contributed by atoms with Gasteiger partial charge in [0.1, 0.15) is 11.6 Å². The van der Waals surface area contributed by atoms with Crippen molar-refractivity contribution >= 4 is 0 Å². The molecule has 0 aliphatic rings. The Morgan fingerprint density at radius 1 is 0.850 bits per heavy atom. The van der Waals surface area contributed by atoms with Crippen molar-refractivity contribution < 1.29 is 17.6 Å². The van der Waals surface area contributed by atoms with Crippen molar-refractivity contribution in [1.82, 2.24) is 0 Å². The Morgan fingerprint density at radius 2 is 1.55 bits per heavy atom. The molecule has 0 spiro atoms. The molecule has 0 amide bonds. The summed E-state index contributed by atoms with van der Waals surface area (Å²) in [5.74, 6) is -4.09. The maximum absolute atomic E-state index is 14.0. The minimum Gasteiger partial charge on any atom is -0.207 e. The summed E-state index contributed by atoms with van der Waals surface area (Å²) < 4.78 is 54.9. The Kier molecular flexibility index (Phi) is 4.12. The van der Waals surface area contributed by atoms with Crippen molar-refractivity contribution in [1.29, 1.82) is 0 Å². The first-order chi connectivity index (χ1) is 9.45. The van der Waals surface area contributed by atoms with Gasteiger partial charge in [-0.05, 0) is 31.0 Å². The molecule has 2 rings (SSSR count). The molecule has 0 fully saturated rings. The van der Waals surface area contributed by atoms with Gasteiger partial charge in [-0.25, -0.2) is 17.6 Å². The van der Waals surface area contributed by atoms with Crippen LogP contribution in [0.25, 0.3) is 11.1 Å². The summed E-state index contributed by atoms with van der Waals surface area (Å²) in [6.07, 6.45) is 1.54. The minimum absolute atomic E-state index is 0.139. The minimum atomic E-state index is -1.28. The fraction of sp³-hybridized carbons (Fsp3) is 0.250. The number of benzene rings is 2. The van der Waals surface area contributed by atoms with E-state index >= 15 is 0 Å². The maximum atomic E-state index is 14.0. The van der Waals surface area contributed by atoms with Gasteiger partial charge in [-0.2, -0.15) is 0 Å². The summed E-state index contributed by atoms with van der Waals surface area (Å²) in [7, 11) is 0. The zero-order valence-electron chi connectivity index (χ0n) is 11.2. The average Bonchev–Trinajstić information content (AvgIpc) is 2.42. The first-order valence-corrected chi connectivity index (χ1v) is 6.38. The highest BCUT2D eigenvalue weighted by Gasteiger charge is 2.19. The van der Waals surface area contributed by atoms with Crippen LogP contribution in [0.3, 0.4) is 0 Å². The Hall–Kier alpha value is -1.84. The van der Waals surface area contributed by atoms with E-state index in [1.807, 2.05) is 6.92 Å². The molecule has 2 aromatic rings. The lowest BCUT2D eigenvalue weighted by Crippen LogP contribution is -1.99. The third kappa shape index (κ3) is 2.55. The van der Waals surface area contributed by atoms with E-state index in [1.165, 1.54) is 12.1 Å². The van der Waals surface area contributed by atoms with Gasteiger partial charge in [0.25, 0.3) is 0 Å². The van der Waals surface area contributed by atoms with Crippen molar-refractivity contribution in [3.8, 4) is 11.1 Å². The molecule has 4 heteroatoms. The number of hydrogen-bond donors (Lipinski definition) is 0. The van der Waals surface area contributed by atoms with Crippen LogP contribution in [0.4, 0.5) is 17.6 Å². The predicted molar refractivity (Wildman–Crippen MR) is 70.4 cm³/mol. The van der Waals surface area contributed by atoms with Crippen LogP contribution in [-0.4, -0.2) is 0 Å². The van der Waals surface area contributed by atoms with Crippen molar-refractivity contribution in [3.63, 3.8) is 0 Å². The average molecular weight is 282 g/mol. The van der Waals surface area contributed by atoms with E-state index in [2.05, 4.69) is 0 Å². The second-order valence-corrected chi connectivity index (χ2v) is 4.72. The molecule has 0 radical (unpaired) electrons. The van der Waals surface area contributed by atoms with Crippen molar-refractivity contribution in [2.45, 2.75) is 26.7 Å². The molecule has 0 nitrogen and oxygen atoms in total. The Labute approximate surface area is 115 Å². The second-order valence-electron chi connectivity index (χ2n) is 4.72. The summed E-state index contributed by atoms with van der Waals surface area (Å²) in [5, 5.41) is 0. The molecular formula is C16H14F4. The zero-order chi connectivity index (χ0) is 14.9. The van der Waals surface area contributed by atoms with Crippen LogP contribution in [-0.2, 0) is 6.42 Å². The highest BCUT2D eigenvalue weighted by atomic mass is 19.2. The topological polar surface area (TPSA) is 0 Å². The van der Waals surface area contributed by atoms with Crippen LogP contribution in [0.2, 0.25) is 0 Å². The highest BCUT2D eigenvalue weighted by Crippen LogP contribution is 2.30. The SMILES string of the molecule is CCCc1ccc(-c2cc(F)c(C)c(F)c2F)c(F)c1. The standard InChI is InChI=1S/C16H14F4/c1-3-4-10-5-6-11(14(18)7-10)12-8-13(17)9(2)15(19)16(12)20/h5-8H,3-4H2,1-2H3. The van der Waals surface area contributed by atoms with E-state index in [-0.39, 0.29) is 5.56 Å². The van der Waals surface area contributed by atoms with Gasteiger partial charge in [0.15, 0.2) is 11.6 Å². The first kappa shape index (κ1) is 14.6. The van der Waals surface area contributed by atoms with Crippen molar-refractivity contribution in [2.24, 2.45) is 0 Å². The van der Waals surface area contributed by atoms with Crippen LogP contribution in [0.1, 0.15) is 24.5 Å². The van der Waals surface area contributed by atoms with E-state index in [0.717, 1.165) is 25.0 Å². The quantitative estimate of drug-likeness (QED) is 0.538. The van der Waals surface area contributed by atoms with Gasteiger partial charge in [0.2, 0.25) is 0 Å². The van der Waals surface area contributed by atoms with E-state index in [9.17, 15) is 17.6 Å². The van der Waals surface area contributed by atoms with E-state index in [0.29, 0.717) is 6.42 Å². The fourth-order valence-electron chi connectivity index (χ4n) is 2.10. The summed E-state index contributed by atoms with van der Waals surface area (Å²) in [4.78, 5) is 0. The molecule has 0 N–H and O–H groups in total. The molecule has 0 saturated heterocycles. The zero-order valence-corrected chi connectivity index (χ0v) is 11.2. The molecule has 0 aliphatic carbocycles. The van der Waals surface area contributed by atoms with E-state index < -0.39 is 34.4 Å². The number of hydrogen-bond acceptors (Lipinski definition) is 0. The number of halogens is 4. The van der Waals surface area contributed by atoms with Gasteiger partial charge < -0.3 is 0 Å². The molecule has 0 atom stereocenters. The van der Waals surface area contributed by atoms with Crippen LogP contribution in [0.15, 0.2) is 24.3 Å². The largest absolute Gasteiger partial charge is 0.207 e. The normalized spacial score (nSPS) is 10.9. The van der Waals surface area contributed by atoms with Crippen LogP contribution in [0.5, 0.6) is 0 Å². The smallest absolute Gasteiger partial charge is 0.167 e. The summed E-state index contributed by atoms with van der Waals surface area (Å²) >= 11 is 0. The third-order valence-corrected chi connectivity index (χ3v) is 3.25. The number of rotatable bonds is 3. The Morgan fingerprint density at radius 3 is 2.15 bits per heavy atom. The van der Waals surface area contributed by atoms with Crippen molar-refractivity contribution in [3.05, 3.63) is 58.7 Å². The van der Waals surface area contributed by atoms with E-state index in [1.54, 1.807) is 6.07 Å². The number of aryl methyl sites for hydroxylation is 1. The molecule has 106 valence electrons. The first-order valence-electron chi connectivity index (χ1n) is 6.38. The van der Waals surface area contributed by atoms with Crippen LogP contribution < -0.4 is 0 Å². The van der Waals surface area contributed by atoms with Crippen LogP contribution in [0, 0.1) is 30.2 Å². The molecule has 0 aromatic heterocycles. The second kappa shape index (κ2) is 5.65. The van der Waals surface area contributed by atoms with Gasteiger partial charge in [-0.1, -0.05) is 25.5 Å². The molecule has 0 heterocycles. The lowest BCUT2D eigenvalue weighted by Gasteiger charge is -2.10. The predicted octanol–water partition coefficient (Wildman–Crippen LogP) is 5.17. The van der Waals surface area contributed by atoms with Gasteiger partial charge in [-0.3, -0.25) is 0 Å². The highest BCUT2D eigenvalue weighted by molar-refractivity contribution is 5.66. The maximum Gasteiger partial charge on any atom is 0.167 e. The molecule has 0 bridgehead atoms. The lowest BCUT2D eigenvalue weighted by molar-refractivity contribution is 0.488. The van der Waals surface area contributed by atoms with E-state index in [4.69, 9.17) is 0 Å².